The first-order chi connectivity index (χ1) is 32.7. The summed E-state index contributed by atoms with van der Waals surface area (Å²) in [5.74, 6) is 0. The first kappa shape index (κ1) is 36.7. The standard InChI is InChI=1S/C64H40N2/c1-2-17-42(18-3-1)55-37-44-20-6-7-21-45(44)38-56(55)64-54-35-33-47(65-59-26-12-8-22-49(59)50-23-9-13-27-60(50)65)39-57(54)63(46-31-30-41-16-4-5-19-43(41)36-46)53-34-32-48(40-58(53)64)66-61-28-14-10-24-51(61)52-25-11-15-29-62(52)66/h1-40H. The smallest absolute Gasteiger partial charge is 0.0541 e. The highest BCUT2D eigenvalue weighted by molar-refractivity contribution is 6.24. The second-order valence-corrected chi connectivity index (χ2v) is 17.6. The SMILES string of the molecule is c1ccc(-c2cc3ccccc3cc2-c2c3ccc(-n4c5ccccc5c5ccccc54)cc3c(-c3ccc4ccccc4c3)c3ccc(-n4c5ccccc5c5ccccc54)cc23)cc1. The Morgan fingerprint density at radius 2 is 0.621 bits per heavy atom. The number of hydrogen-bond donors (Lipinski definition) is 0. The van der Waals surface area contributed by atoms with Gasteiger partial charge in [0.05, 0.1) is 22.1 Å². The molecule has 0 fully saturated rings. The molecule has 2 heteroatoms. The fourth-order valence-electron chi connectivity index (χ4n) is 11.1. The van der Waals surface area contributed by atoms with Crippen LogP contribution in [0.4, 0.5) is 0 Å². The molecule has 0 aliphatic carbocycles. The summed E-state index contributed by atoms with van der Waals surface area (Å²) in [6.45, 7) is 0. The third kappa shape index (κ3) is 5.49. The lowest BCUT2D eigenvalue weighted by Crippen LogP contribution is -1.99. The normalized spacial score (nSPS) is 11.9. The van der Waals surface area contributed by atoms with E-state index >= 15 is 0 Å². The van der Waals surface area contributed by atoms with Crippen LogP contribution in [-0.4, -0.2) is 9.13 Å². The minimum atomic E-state index is 1.13. The van der Waals surface area contributed by atoms with Crippen molar-refractivity contribution >= 4 is 86.7 Å². The number of fused-ring (bicyclic) bond motifs is 10. The van der Waals surface area contributed by atoms with Gasteiger partial charge in [-0.2, -0.15) is 0 Å². The minimum absolute atomic E-state index is 1.13. The van der Waals surface area contributed by atoms with Crippen LogP contribution in [-0.2, 0) is 0 Å². The Kier molecular flexibility index (Phi) is 8.02. The summed E-state index contributed by atoms with van der Waals surface area (Å²) in [4.78, 5) is 0. The van der Waals surface area contributed by atoms with Gasteiger partial charge in [0, 0.05) is 32.9 Å². The Hall–Kier alpha value is -8.72. The summed E-state index contributed by atoms with van der Waals surface area (Å²) in [7, 11) is 0. The Morgan fingerprint density at radius 3 is 1.15 bits per heavy atom. The molecule has 0 radical (unpaired) electrons. The van der Waals surface area contributed by atoms with E-state index in [1.807, 2.05) is 0 Å². The minimum Gasteiger partial charge on any atom is -0.309 e. The van der Waals surface area contributed by atoms with E-state index in [9.17, 15) is 0 Å². The maximum atomic E-state index is 2.47. The van der Waals surface area contributed by atoms with E-state index in [0.29, 0.717) is 0 Å². The van der Waals surface area contributed by atoms with Crippen molar-refractivity contribution < 1.29 is 0 Å². The molecule has 12 aromatic carbocycles. The highest BCUT2D eigenvalue weighted by Gasteiger charge is 2.23. The van der Waals surface area contributed by atoms with Crippen LogP contribution in [0, 0.1) is 0 Å². The number of aromatic nitrogens is 2. The van der Waals surface area contributed by atoms with E-state index in [2.05, 4.69) is 252 Å². The predicted molar refractivity (Wildman–Crippen MR) is 281 cm³/mol. The molecule has 2 nitrogen and oxygen atoms in total. The van der Waals surface area contributed by atoms with Gasteiger partial charge < -0.3 is 9.13 Å². The number of rotatable bonds is 5. The van der Waals surface area contributed by atoms with Gasteiger partial charge in [-0.3, -0.25) is 0 Å². The highest BCUT2D eigenvalue weighted by Crippen LogP contribution is 2.49. The topological polar surface area (TPSA) is 9.86 Å². The zero-order chi connectivity index (χ0) is 43.3. The molecule has 0 amide bonds. The second kappa shape index (κ2) is 14.4. The summed E-state index contributed by atoms with van der Waals surface area (Å²) in [6.07, 6.45) is 0. The van der Waals surface area contributed by atoms with Crippen LogP contribution in [0.15, 0.2) is 243 Å². The lowest BCUT2D eigenvalue weighted by atomic mass is 9.82. The Balaban J connectivity index is 1.18. The van der Waals surface area contributed by atoms with Crippen molar-refractivity contribution in [3.8, 4) is 44.8 Å². The van der Waals surface area contributed by atoms with Crippen LogP contribution < -0.4 is 0 Å². The lowest BCUT2D eigenvalue weighted by Gasteiger charge is -2.22. The van der Waals surface area contributed by atoms with Gasteiger partial charge in [-0.05, 0) is 143 Å². The van der Waals surface area contributed by atoms with Crippen molar-refractivity contribution in [3.63, 3.8) is 0 Å². The van der Waals surface area contributed by atoms with E-state index in [0.717, 1.165) is 11.4 Å². The predicted octanol–water partition coefficient (Wildman–Crippen LogP) is 17.5. The number of nitrogens with zero attached hydrogens (tertiary/aromatic N) is 2. The zero-order valence-electron chi connectivity index (χ0n) is 36.0. The van der Waals surface area contributed by atoms with Crippen LogP contribution in [0.25, 0.3) is 131 Å². The summed E-state index contributed by atoms with van der Waals surface area (Å²) in [5, 5.41) is 14.7. The molecule has 0 N–H and O–H groups in total. The van der Waals surface area contributed by atoms with E-state index in [1.165, 1.54) is 120 Å². The van der Waals surface area contributed by atoms with Gasteiger partial charge in [0.25, 0.3) is 0 Å². The third-order valence-electron chi connectivity index (χ3n) is 14.0. The summed E-state index contributed by atoms with van der Waals surface area (Å²) in [6, 6.07) is 90.0. The maximum Gasteiger partial charge on any atom is 0.0541 e. The first-order valence-electron chi connectivity index (χ1n) is 22.8. The Bertz CT molecular complexity index is 4170. The van der Waals surface area contributed by atoms with Crippen molar-refractivity contribution in [1.82, 2.24) is 9.13 Å². The number of benzene rings is 12. The summed E-state index contributed by atoms with van der Waals surface area (Å²) in [5.41, 5.74) is 14.3. The van der Waals surface area contributed by atoms with E-state index in [-0.39, 0.29) is 0 Å². The Morgan fingerprint density at radius 1 is 0.212 bits per heavy atom. The van der Waals surface area contributed by atoms with Crippen molar-refractivity contribution in [2.24, 2.45) is 0 Å². The quantitative estimate of drug-likeness (QED) is 0.153. The van der Waals surface area contributed by atoms with Crippen LogP contribution in [0.5, 0.6) is 0 Å². The highest BCUT2D eigenvalue weighted by atomic mass is 15.0. The molecule has 14 rings (SSSR count). The van der Waals surface area contributed by atoms with Crippen LogP contribution in [0.2, 0.25) is 0 Å². The molecule has 0 saturated carbocycles. The molecule has 0 aliphatic rings. The van der Waals surface area contributed by atoms with E-state index in [1.54, 1.807) is 0 Å². The molecule has 0 aliphatic heterocycles. The van der Waals surface area contributed by atoms with Crippen molar-refractivity contribution in [2.45, 2.75) is 0 Å². The van der Waals surface area contributed by atoms with Crippen LogP contribution >= 0.6 is 0 Å². The van der Waals surface area contributed by atoms with Gasteiger partial charge in [0.2, 0.25) is 0 Å². The summed E-state index contributed by atoms with van der Waals surface area (Å²) < 4.78 is 4.91. The maximum absolute atomic E-state index is 2.47. The second-order valence-electron chi connectivity index (χ2n) is 17.6. The molecular weight excluding hydrogens is 797 g/mol. The fraction of sp³-hybridized carbons (Fsp3) is 0. The molecule has 306 valence electrons. The molecule has 14 aromatic rings. The average Bonchev–Trinajstić information content (AvgIpc) is 3.90. The van der Waals surface area contributed by atoms with Crippen LogP contribution in [0.3, 0.4) is 0 Å². The largest absolute Gasteiger partial charge is 0.309 e. The average molecular weight is 837 g/mol. The molecule has 0 atom stereocenters. The van der Waals surface area contributed by atoms with Gasteiger partial charge in [-0.25, -0.2) is 0 Å². The van der Waals surface area contributed by atoms with E-state index in [4.69, 9.17) is 0 Å². The van der Waals surface area contributed by atoms with Gasteiger partial charge in [-0.1, -0.05) is 176 Å². The van der Waals surface area contributed by atoms with Gasteiger partial charge >= 0.3 is 0 Å². The molecule has 2 aromatic heterocycles. The number of hydrogen-bond acceptors (Lipinski definition) is 0. The van der Waals surface area contributed by atoms with Gasteiger partial charge in [0.1, 0.15) is 0 Å². The molecule has 0 unspecified atom stereocenters. The first-order valence-corrected chi connectivity index (χ1v) is 22.8. The Labute approximate surface area is 381 Å². The zero-order valence-corrected chi connectivity index (χ0v) is 36.0. The van der Waals surface area contributed by atoms with Gasteiger partial charge in [-0.15, -0.1) is 0 Å². The third-order valence-corrected chi connectivity index (χ3v) is 14.0. The molecule has 0 bridgehead atoms. The van der Waals surface area contributed by atoms with Gasteiger partial charge in [0.15, 0.2) is 0 Å². The van der Waals surface area contributed by atoms with Crippen molar-refractivity contribution in [3.05, 3.63) is 243 Å². The molecular formula is C64H40N2. The summed E-state index contributed by atoms with van der Waals surface area (Å²) >= 11 is 0. The molecule has 0 saturated heterocycles. The molecule has 66 heavy (non-hydrogen) atoms. The molecule has 2 heterocycles. The number of para-hydroxylation sites is 4. The van der Waals surface area contributed by atoms with Crippen molar-refractivity contribution in [1.29, 1.82) is 0 Å². The van der Waals surface area contributed by atoms with Crippen molar-refractivity contribution in [2.75, 3.05) is 0 Å². The molecule has 0 spiro atoms. The fourth-order valence-corrected chi connectivity index (χ4v) is 11.1. The van der Waals surface area contributed by atoms with Crippen LogP contribution in [0.1, 0.15) is 0 Å². The lowest BCUT2D eigenvalue weighted by molar-refractivity contribution is 1.18. The van der Waals surface area contributed by atoms with E-state index < -0.39 is 0 Å². The monoisotopic (exact) mass is 836 g/mol.